The van der Waals surface area contributed by atoms with Crippen molar-refractivity contribution in [3.05, 3.63) is 34.6 Å². The summed E-state index contributed by atoms with van der Waals surface area (Å²) in [7, 11) is 0. The topological polar surface area (TPSA) is 44.6 Å². The minimum absolute atomic E-state index is 0.102. The molecule has 0 spiro atoms. The predicted molar refractivity (Wildman–Crippen MR) is 59.0 cm³/mol. The van der Waals surface area contributed by atoms with E-state index < -0.39 is 5.97 Å². The molecular weight excluding hydrogens is 245 g/mol. The molecule has 1 atom stereocenters. The van der Waals surface area contributed by atoms with Crippen LogP contribution in [0, 0.1) is 5.82 Å². The molecule has 0 aliphatic heterocycles. The van der Waals surface area contributed by atoms with E-state index in [0.29, 0.717) is 23.2 Å². The van der Waals surface area contributed by atoms with Gasteiger partial charge in [-0.05, 0) is 12.1 Å². The smallest absolute Gasteiger partial charge is 0.133 e. The van der Waals surface area contributed by atoms with Gasteiger partial charge in [0.05, 0.1) is 22.6 Å². The molecule has 17 heavy (non-hydrogen) atoms. The summed E-state index contributed by atoms with van der Waals surface area (Å²) in [5.74, 6) is -1.49. The summed E-state index contributed by atoms with van der Waals surface area (Å²) in [5.41, 5.74) is 0.386. The van der Waals surface area contributed by atoms with Crippen LogP contribution >= 0.6 is 11.6 Å². The zero-order chi connectivity index (χ0) is 12.4. The monoisotopic (exact) mass is 257 g/mol. The van der Waals surface area contributed by atoms with Crippen LogP contribution in [0.3, 0.4) is 0 Å². The van der Waals surface area contributed by atoms with Crippen LogP contribution in [0.1, 0.15) is 18.4 Å². The number of hydrogen-bond acceptors (Lipinski definition) is 2. The first-order chi connectivity index (χ1) is 8.08. The van der Waals surface area contributed by atoms with Crippen LogP contribution in [-0.2, 0) is 11.3 Å². The Bertz CT molecular complexity index is 414. The van der Waals surface area contributed by atoms with E-state index in [4.69, 9.17) is 11.6 Å². The van der Waals surface area contributed by atoms with E-state index in [9.17, 15) is 14.3 Å². The summed E-state index contributed by atoms with van der Waals surface area (Å²) in [5, 5.41) is 11.0. The van der Waals surface area contributed by atoms with Crippen LogP contribution in [0.5, 0.6) is 0 Å². The second-order valence-electron chi connectivity index (χ2n) is 4.36. The van der Waals surface area contributed by atoms with E-state index in [1.54, 1.807) is 6.07 Å². The molecule has 0 amide bonds. The van der Waals surface area contributed by atoms with Crippen LogP contribution in [0.4, 0.5) is 4.39 Å². The molecule has 1 aromatic rings. The molecule has 0 aromatic heterocycles. The molecule has 1 saturated carbocycles. The Labute approximate surface area is 104 Å². The largest absolute Gasteiger partial charge is 0.544 e. The quantitative estimate of drug-likeness (QED) is 0.793. The number of benzene rings is 1. The number of hydrogen-bond donors (Lipinski definition) is 1. The number of nitrogens with one attached hydrogen (secondary N) is 1. The molecule has 3 nitrogen and oxygen atoms in total. The van der Waals surface area contributed by atoms with Crippen LogP contribution in [0.15, 0.2) is 18.2 Å². The lowest BCUT2D eigenvalue weighted by molar-refractivity contribution is -0.919. The maximum Gasteiger partial charge on any atom is 0.133 e. The fourth-order valence-corrected chi connectivity index (χ4v) is 2.19. The number of carboxylic acid groups (broad SMARTS) is 1. The molecule has 0 heterocycles. The number of carbonyl (C=O) groups excluding carboxylic acids is 1. The number of aliphatic carboxylic acids is 1. The number of quaternary nitrogens is 1. The molecular formula is C12H13ClFNO2. The minimum Gasteiger partial charge on any atom is -0.544 e. The van der Waals surface area contributed by atoms with E-state index in [0.717, 1.165) is 17.7 Å². The number of carbonyl (C=O) groups is 1. The zero-order valence-electron chi connectivity index (χ0n) is 9.21. The van der Waals surface area contributed by atoms with Crippen LogP contribution in [0.2, 0.25) is 5.02 Å². The second-order valence-corrected chi connectivity index (χ2v) is 4.77. The summed E-state index contributed by atoms with van der Waals surface area (Å²) >= 11 is 5.92. The Hall–Kier alpha value is -1.13. The Balaban J connectivity index is 2.14. The van der Waals surface area contributed by atoms with Gasteiger partial charge < -0.3 is 14.8 Å². The summed E-state index contributed by atoms with van der Waals surface area (Å²) in [4.78, 5) is 11.5. The highest BCUT2D eigenvalue weighted by molar-refractivity contribution is 6.31. The molecule has 1 N–H and O–H groups in total. The standard InChI is InChI=1S/C12H13ClFNO2/c13-10-2-1-3-11(14)9(10)6-15(7-12(16)17)8-4-5-8/h1-3,8H,4-7H2,(H,16,17). The van der Waals surface area contributed by atoms with Gasteiger partial charge in [0.25, 0.3) is 0 Å². The molecule has 2 rings (SSSR count). The molecule has 1 aliphatic carbocycles. The first kappa shape index (κ1) is 12.3. The van der Waals surface area contributed by atoms with Gasteiger partial charge in [-0.2, -0.15) is 0 Å². The van der Waals surface area contributed by atoms with Gasteiger partial charge in [0.1, 0.15) is 18.9 Å². The fourth-order valence-electron chi connectivity index (χ4n) is 1.96. The van der Waals surface area contributed by atoms with Crippen molar-refractivity contribution >= 4 is 17.6 Å². The average molecular weight is 258 g/mol. The Morgan fingerprint density at radius 1 is 1.53 bits per heavy atom. The highest BCUT2D eigenvalue weighted by atomic mass is 35.5. The fraction of sp³-hybridized carbons (Fsp3) is 0.417. The van der Waals surface area contributed by atoms with E-state index in [1.165, 1.54) is 12.1 Å². The summed E-state index contributed by atoms with van der Waals surface area (Å²) in [6, 6.07) is 4.79. The zero-order valence-corrected chi connectivity index (χ0v) is 9.97. The molecule has 1 unspecified atom stereocenters. The summed E-state index contributed by atoms with van der Waals surface area (Å²) in [6.07, 6.45) is 1.96. The SMILES string of the molecule is O=C([O-])C[NH+](Cc1c(F)cccc1Cl)C1CC1. The van der Waals surface area contributed by atoms with Crippen LogP contribution in [-0.4, -0.2) is 18.6 Å². The third-order valence-electron chi connectivity index (χ3n) is 2.99. The highest BCUT2D eigenvalue weighted by Gasteiger charge is 2.34. The van der Waals surface area contributed by atoms with Gasteiger partial charge in [-0.1, -0.05) is 17.7 Å². The third-order valence-corrected chi connectivity index (χ3v) is 3.35. The normalized spacial score (nSPS) is 16.8. The van der Waals surface area contributed by atoms with Gasteiger partial charge >= 0.3 is 0 Å². The first-order valence-corrected chi connectivity index (χ1v) is 5.93. The van der Waals surface area contributed by atoms with Crippen molar-refractivity contribution in [3.8, 4) is 0 Å². The van der Waals surface area contributed by atoms with Gasteiger partial charge in [-0.25, -0.2) is 4.39 Å². The molecule has 92 valence electrons. The maximum absolute atomic E-state index is 13.6. The van der Waals surface area contributed by atoms with Gasteiger partial charge in [0, 0.05) is 12.8 Å². The van der Waals surface area contributed by atoms with Gasteiger partial charge in [-0.15, -0.1) is 0 Å². The van der Waals surface area contributed by atoms with Crippen LogP contribution < -0.4 is 10.0 Å². The first-order valence-electron chi connectivity index (χ1n) is 5.55. The predicted octanol–water partition coefficient (Wildman–Crippen LogP) is -0.224. The third kappa shape index (κ3) is 3.17. The van der Waals surface area contributed by atoms with Crippen molar-refractivity contribution in [3.63, 3.8) is 0 Å². The maximum atomic E-state index is 13.6. The second kappa shape index (κ2) is 5.02. The van der Waals surface area contributed by atoms with Crippen molar-refractivity contribution in [1.29, 1.82) is 0 Å². The van der Waals surface area contributed by atoms with Crippen LogP contribution in [0.25, 0.3) is 0 Å². The van der Waals surface area contributed by atoms with Crippen molar-refractivity contribution in [2.24, 2.45) is 0 Å². The van der Waals surface area contributed by atoms with Crippen molar-refractivity contribution in [2.75, 3.05) is 6.54 Å². The van der Waals surface area contributed by atoms with E-state index in [1.807, 2.05) is 0 Å². The lowest BCUT2D eigenvalue weighted by Crippen LogP contribution is -3.13. The summed E-state index contributed by atoms with van der Waals surface area (Å²) < 4.78 is 13.6. The van der Waals surface area contributed by atoms with Crippen molar-refractivity contribution < 1.29 is 19.2 Å². The molecule has 0 radical (unpaired) electrons. The Morgan fingerprint density at radius 3 is 2.76 bits per heavy atom. The molecule has 1 aliphatic rings. The van der Waals surface area contributed by atoms with E-state index in [2.05, 4.69) is 0 Å². The molecule has 1 aromatic carbocycles. The highest BCUT2D eigenvalue weighted by Crippen LogP contribution is 2.20. The lowest BCUT2D eigenvalue weighted by Gasteiger charge is -2.20. The number of carboxylic acids is 1. The summed E-state index contributed by atoms with van der Waals surface area (Å²) in [6.45, 7) is 0.194. The van der Waals surface area contributed by atoms with Gasteiger partial charge in [0.2, 0.25) is 0 Å². The molecule has 0 saturated heterocycles. The van der Waals surface area contributed by atoms with Gasteiger partial charge in [0.15, 0.2) is 0 Å². The number of rotatable bonds is 5. The van der Waals surface area contributed by atoms with Crippen molar-refractivity contribution in [1.82, 2.24) is 0 Å². The van der Waals surface area contributed by atoms with E-state index in [-0.39, 0.29) is 12.4 Å². The number of halogens is 2. The minimum atomic E-state index is -1.11. The molecule has 5 heteroatoms. The molecule has 0 bridgehead atoms. The van der Waals surface area contributed by atoms with Gasteiger partial charge in [-0.3, -0.25) is 0 Å². The van der Waals surface area contributed by atoms with Crippen molar-refractivity contribution in [2.45, 2.75) is 25.4 Å². The lowest BCUT2D eigenvalue weighted by atomic mass is 10.2. The molecule has 1 fully saturated rings. The Kier molecular flexibility index (Phi) is 3.64. The Morgan fingerprint density at radius 2 is 2.24 bits per heavy atom. The van der Waals surface area contributed by atoms with E-state index >= 15 is 0 Å². The average Bonchev–Trinajstić information content (AvgIpc) is 3.05.